The number of hydrogen-bond donors (Lipinski definition) is 0. The second-order valence-electron chi connectivity index (χ2n) is 8.19. The fraction of sp³-hybridized carbons (Fsp3) is 0.111. The molecule has 1 amide bonds. The monoisotopic (exact) mass is 481 g/mol. The van der Waals surface area contributed by atoms with E-state index < -0.39 is 11.9 Å². The first kappa shape index (κ1) is 21.2. The Morgan fingerprint density at radius 2 is 1.69 bits per heavy atom. The highest BCUT2D eigenvalue weighted by Crippen LogP contribution is 2.42. The number of carbonyl (C=O) groups is 1. The van der Waals surface area contributed by atoms with Crippen LogP contribution in [-0.4, -0.2) is 16.1 Å². The Kier molecular flexibility index (Phi) is 5.15. The van der Waals surface area contributed by atoms with Crippen LogP contribution in [0.1, 0.15) is 38.3 Å². The van der Waals surface area contributed by atoms with Crippen LogP contribution in [-0.2, 0) is 6.61 Å². The molecule has 8 heteroatoms. The number of anilines is 1. The lowest BCUT2D eigenvalue weighted by Gasteiger charge is -2.22. The highest BCUT2D eigenvalue weighted by molar-refractivity contribution is 7.15. The smallest absolute Gasteiger partial charge is 0.297 e. The summed E-state index contributed by atoms with van der Waals surface area (Å²) in [5.41, 5.74) is 2.27. The predicted molar refractivity (Wildman–Crippen MR) is 133 cm³/mol. The molecule has 0 saturated heterocycles. The van der Waals surface area contributed by atoms with Gasteiger partial charge >= 0.3 is 0 Å². The molecule has 1 atom stereocenters. The SMILES string of the molecule is Cc1nnc(N2C(=O)c3oc4ccccc4c(=O)c3[C@H]2c2ccc(OCc3ccccc3)cc2)s1. The van der Waals surface area contributed by atoms with E-state index in [2.05, 4.69) is 10.2 Å². The van der Waals surface area contributed by atoms with E-state index in [0.717, 1.165) is 16.1 Å². The van der Waals surface area contributed by atoms with Gasteiger partial charge in [-0.15, -0.1) is 10.2 Å². The maximum atomic E-state index is 13.6. The first-order chi connectivity index (χ1) is 17.1. The van der Waals surface area contributed by atoms with Crippen molar-refractivity contribution in [3.05, 3.63) is 117 Å². The summed E-state index contributed by atoms with van der Waals surface area (Å²) in [7, 11) is 0. The standard InChI is InChI=1S/C27H19N3O4S/c1-16-28-29-27(35-16)30-23(18-11-13-19(14-12-18)33-15-17-7-3-2-4-8-17)22-24(31)20-9-5-6-10-21(20)34-25(22)26(30)32/h2-14,23H,15H2,1H3/t23-/m1/s1. The van der Waals surface area contributed by atoms with Gasteiger partial charge in [-0.25, -0.2) is 0 Å². The topological polar surface area (TPSA) is 85.5 Å². The van der Waals surface area contributed by atoms with Crippen molar-refractivity contribution < 1.29 is 13.9 Å². The quantitative estimate of drug-likeness (QED) is 0.339. The molecule has 7 nitrogen and oxygen atoms in total. The van der Waals surface area contributed by atoms with Crippen molar-refractivity contribution in [2.75, 3.05) is 4.90 Å². The molecule has 6 rings (SSSR count). The summed E-state index contributed by atoms with van der Waals surface area (Å²) >= 11 is 1.29. The molecule has 0 radical (unpaired) electrons. The van der Waals surface area contributed by atoms with E-state index >= 15 is 0 Å². The Balaban J connectivity index is 1.43. The number of nitrogens with zero attached hydrogens (tertiary/aromatic N) is 3. The van der Waals surface area contributed by atoms with E-state index in [1.165, 1.54) is 16.2 Å². The highest BCUT2D eigenvalue weighted by atomic mass is 32.1. The van der Waals surface area contributed by atoms with Crippen LogP contribution >= 0.6 is 11.3 Å². The number of aromatic nitrogens is 2. The van der Waals surface area contributed by atoms with Gasteiger partial charge in [0.1, 0.15) is 22.9 Å². The largest absolute Gasteiger partial charge is 0.489 e. The first-order valence-electron chi connectivity index (χ1n) is 11.1. The van der Waals surface area contributed by atoms with E-state index in [4.69, 9.17) is 9.15 Å². The first-order valence-corrected chi connectivity index (χ1v) is 11.9. The third-order valence-electron chi connectivity index (χ3n) is 5.94. The molecule has 1 aliphatic rings. The van der Waals surface area contributed by atoms with Gasteiger partial charge in [0.05, 0.1) is 17.0 Å². The molecular formula is C27H19N3O4S. The number of amides is 1. The minimum Gasteiger partial charge on any atom is -0.489 e. The van der Waals surface area contributed by atoms with Crippen LogP contribution < -0.4 is 15.1 Å². The summed E-state index contributed by atoms with van der Waals surface area (Å²) < 4.78 is 11.9. The molecule has 5 aromatic rings. The molecule has 0 N–H and O–H groups in total. The van der Waals surface area contributed by atoms with Crippen LogP contribution in [0.2, 0.25) is 0 Å². The van der Waals surface area contributed by atoms with Crippen LogP contribution in [0.25, 0.3) is 11.0 Å². The minimum absolute atomic E-state index is 0.0379. The average Bonchev–Trinajstić information content (AvgIpc) is 3.44. The number of carbonyl (C=O) groups excluding carboxylic acids is 1. The second kappa shape index (κ2) is 8.48. The Bertz CT molecular complexity index is 1610. The molecular weight excluding hydrogens is 462 g/mol. The molecule has 0 spiro atoms. The van der Waals surface area contributed by atoms with Crippen LogP contribution in [0, 0.1) is 6.92 Å². The normalized spacial score (nSPS) is 14.9. The van der Waals surface area contributed by atoms with Gasteiger partial charge in [0.15, 0.2) is 5.43 Å². The molecule has 172 valence electrons. The summed E-state index contributed by atoms with van der Waals surface area (Å²) in [6.45, 7) is 2.26. The van der Waals surface area contributed by atoms with Gasteiger partial charge in [0.25, 0.3) is 5.91 Å². The van der Waals surface area contributed by atoms with Crippen molar-refractivity contribution in [3.63, 3.8) is 0 Å². The summed E-state index contributed by atoms with van der Waals surface area (Å²) in [5, 5.41) is 9.83. The lowest BCUT2D eigenvalue weighted by molar-refractivity contribution is 0.0970. The Labute approximate surface area is 204 Å². The summed E-state index contributed by atoms with van der Waals surface area (Å²) in [5.74, 6) is 0.315. The Morgan fingerprint density at radius 1 is 0.943 bits per heavy atom. The van der Waals surface area contributed by atoms with Crippen molar-refractivity contribution >= 4 is 33.3 Å². The van der Waals surface area contributed by atoms with E-state index in [1.54, 1.807) is 24.3 Å². The fourth-order valence-corrected chi connectivity index (χ4v) is 5.02. The van der Waals surface area contributed by atoms with Gasteiger partial charge in [-0.3, -0.25) is 14.5 Å². The zero-order valence-corrected chi connectivity index (χ0v) is 19.5. The van der Waals surface area contributed by atoms with Gasteiger partial charge in [0.2, 0.25) is 10.9 Å². The third-order valence-corrected chi connectivity index (χ3v) is 6.78. The highest BCUT2D eigenvalue weighted by Gasteiger charge is 2.45. The lowest BCUT2D eigenvalue weighted by Crippen LogP contribution is -2.29. The Morgan fingerprint density at radius 3 is 2.43 bits per heavy atom. The number of rotatable bonds is 5. The summed E-state index contributed by atoms with van der Waals surface area (Å²) in [4.78, 5) is 28.6. The number of aryl methyl sites for hydroxylation is 1. The third kappa shape index (κ3) is 3.68. The van der Waals surface area contributed by atoms with E-state index in [-0.39, 0.29) is 11.2 Å². The molecule has 0 fully saturated rings. The number of ether oxygens (including phenoxy) is 1. The van der Waals surface area contributed by atoms with Crippen molar-refractivity contribution in [2.24, 2.45) is 0 Å². The lowest BCUT2D eigenvalue weighted by atomic mass is 9.98. The van der Waals surface area contributed by atoms with Crippen molar-refractivity contribution in [3.8, 4) is 5.75 Å². The summed E-state index contributed by atoms with van der Waals surface area (Å²) in [6, 6.07) is 23.6. The maximum Gasteiger partial charge on any atom is 0.297 e. The van der Waals surface area contributed by atoms with Crippen LogP contribution in [0.5, 0.6) is 5.75 Å². The molecule has 0 unspecified atom stereocenters. The Hall–Kier alpha value is -4.30. The molecule has 2 aromatic heterocycles. The molecule has 0 aliphatic carbocycles. The molecule has 1 aliphatic heterocycles. The number of benzene rings is 3. The van der Waals surface area contributed by atoms with Gasteiger partial charge in [-0.1, -0.05) is 65.9 Å². The van der Waals surface area contributed by atoms with Gasteiger partial charge < -0.3 is 9.15 Å². The molecule has 3 aromatic carbocycles. The molecule has 3 heterocycles. The summed E-state index contributed by atoms with van der Waals surface area (Å²) in [6.07, 6.45) is 0. The van der Waals surface area contributed by atoms with Gasteiger partial charge in [-0.05, 0) is 42.3 Å². The molecule has 0 bridgehead atoms. The number of hydrogen-bond acceptors (Lipinski definition) is 7. The second-order valence-corrected chi connectivity index (χ2v) is 9.35. The molecule has 0 saturated carbocycles. The van der Waals surface area contributed by atoms with Gasteiger partial charge in [0, 0.05) is 0 Å². The van der Waals surface area contributed by atoms with E-state index in [0.29, 0.717) is 34.0 Å². The maximum absolute atomic E-state index is 13.6. The predicted octanol–water partition coefficient (Wildman–Crippen LogP) is 5.28. The zero-order valence-electron chi connectivity index (χ0n) is 18.7. The number of fused-ring (bicyclic) bond motifs is 2. The van der Waals surface area contributed by atoms with Gasteiger partial charge in [-0.2, -0.15) is 0 Å². The van der Waals surface area contributed by atoms with Crippen molar-refractivity contribution in [1.29, 1.82) is 0 Å². The van der Waals surface area contributed by atoms with E-state index in [1.807, 2.05) is 61.5 Å². The molecule has 35 heavy (non-hydrogen) atoms. The average molecular weight is 482 g/mol. The minimum atomic E-state index is -0.686. The fourth-order valence-electron chi connectivity index (χ4n) is 4.30. The van der Waals surface area contributed by atoms with E-state index in [9.17, 15) is 9.59 Å². The van der Waals surface area contributed by atoms with Crippen LogP contribution in [0.3, 0.4) is 0 Å². The van der Waals surface area contributed by atoms with Crippen molar-refractivity contribution in [1.82, 2.24) is 10.2 Å². The zero-order chi connectivity index (χ0) is 23.9. The van der Waals surface area contributed by atoms with Crippen molar-refractivity contribution in [2.45, 2.75) is 19.6 Å². The van der Waals surface area contributed by atoms with Crippen LogP contribution in [0.4, 0.5) is 5.13 Å². The van der Waals surface area contributed by atoms with Crippen LogP contribution in [0.15, 0.2) is 88.1 Å². The number of para-hydroxylation sites is 1.